The molecule has 158 valence electrons. The van der Waals surface area contributed by atoms with Gasteiger partial charge in [0.05, 0.1) is 0 Å². The predicted molar refractivity (Wildman–Crippen MR) is 132 cm³/mol. The Balaban J connectivity index is 0.00000300. The van der Waals surface area contributed by atoms with Gasteiger partial charge in [-0.3, -0.25) is 9.79 Å². The number of rotatable bonds is 8. The van der Waals surface area contributed by atoms with Crippen LogP contribution in [0, 0.1) is 0 Å². The molecule has 2 aromatic rings. The molecule has 0 saturated carbocycles. The van der Waals surface area contributed by atoms with Crippen LogP contribution in [0.4, 0.5) is 0 Å². The van der Waals surface area contributed by atoms with Gasteiger partial charge in [0.1, 0.15) is 0 Å². The first kappa shape index (κ1) is 23.7. The Morgan fingerprint density at radius 3 is 2.55 bits per heavy atom. The third-order valence-corrected chi connectivity index (χ3v) is 5.73. The molecule has 1 amide bonds. The van der Waals surface area contributed by atoms with Gasteiger partial charge in [0.15, 0.2) is 5.96 Å². The number of aliphatic imine (C=N–C) groups is 1. The SMILES string of the molecule is CCNC(=NCC(C)c1ccsc1)NCCCC(=O)N1Cc2ccccc2C1.I. The van der Waals surface area contributed by atoms with Crippen molar-refractivity contribution in [2.45, 2.75) is 45.7 Å². The highest BCUT2D eigenvalue weighted by Gasteiger charge is 2.22. The lowest BCUT2D eigenvalue weighted by Crippen LogP contribution is -2.38. The van der Waals surface area contributed by atoms with Gasteiger partial charge in [0.25, 0.3) is 0 Å². The van der Waals surface area contributed by atoms with E-state index in [9.17, 15) is 4.79 Å². The van der Waals surface area contributed by atoms with E-state index in [1.54, 1.807) is 11.3 Å². The molecule has 7 heteroatoms. The highest BCUT2D eigenvalue weighted by Crippen LogP contribution is 2.23. The van der Waals surface area contributed by atoms with Gasteiger partial charge in [-0.05, 0) is 46.9 Å². The third-order valence-electron chi connectivity index (χ3n) is 5.03. The lowest BCUT2D eigenvalue weighted by atomic mass is 10.1. The molecule has 3 rings (SSSR count). The van der Waals surface area contributed by atoms with Gasteiger partial charge in [0.2, 0.25) is 5.91 Å². The fourth-order valence-corrected chi connectivity index (χ4v) is 4.13. The zero-order valence-corrected chi connectivity index (χ0v) is 20.3. The van der Waals surface area contributed by atoms with Crippen LogP contribution in [0.2, 0.25) is 0 Å². The Morgan fingerprint density at radius 2 is 1.93 bits per heavy atom. The second-order valence-corrected chi connectivity index (χ2v) is 8.01. The normalized spacial score (nSPS) is 14.1. The summed E-state index contributed by atoms with van der Waals surface area (Å²) >= 11 is 1.72. The van der Waals surface area contributed by atoms with Gasteiger partial charge >= 0.3 is 0 Å². The number of carbonyl (C=O) groups excluding carboxylic acids is 1. The van der Waals surface area contributed by atoms with Gasteiger partial charge in [0, 0.05) is 45.1 Å². The molecule has 1 aliphatic heterocycles. The van der Waals surface area contributed by atoms with Crippen LogP contribution in [0.1, 0.15) is 49.3 Å². The summed E-state index contributed by atoms with van der Waals surface area (Å²) in [4.78, 5) is 19.1. The lowest BCUT2D eigenvalue weighted by molar-refractivity contribution is -0.131. The number of hydrogen-bond acceptors (Lipinski definition) is 3. The monoisotopic (exact) mass is 526 g/mol. The topological polar surface area (TPSA) is 56.7 Å². The summed E-state index contributed by atoms with van der Waals surface area (Å²) in [6.07, 6.45) is 1.36. The van der Waals surface area contributed by atoms with E-state index < -0.39 is 0 Å². The van der Waals surface area contributed by atoms with E-state index in [4.69, 9.17) is 4.99 Å². The molecular weight excluding hydrogens is 495 g/mol. The molecule has 0 radical (unpaired) electrons. The Kier molecular flexibility index (Phi) is 9.93. The predicted octanol–water partition coefficient (Wildman–Crippen LogP) is 4.35. The van der Waals surface area contributed by atoms with Crippen molar-refractivity contribution in [1.82, 2.24) is 15.5 Å². The van der Waals surface area contributed by atoms with Gasteiger partial charge in [-0.25, -0.2) is 0 Å². The smallest absolute Gasteiger partial charge is 0.223 e. The summed E-state index contributed by atoms with van der Waals surface area (Å²) < 4.78 is 0. The summed E-state index contributed by atoms with van der Waals surface area (Å²) in [7, 11) is 0. The second-order valence-electron chi connectivity index (χ2n) is 7.23. The molecule has 1 unspecified atom stereocenters. The maximum atomic E-state index is 12.5. The first-order valence-corrected chi connectivity index (χ1v) is 11.0. The van der Waals surface area contributed by atoms with Crippen LogP contribution in [0.25, 0.3) is 0 Å². The van der Waals surface area contributed by atoms with E-state index in [1.165, 1.54) is 16.7 Å². The fraction of sp³-hybridized carbons (Fsp3) is 0.455. The first-order valence-electron chi connectivity index (χ1n) is 10.1. The summed E-state index contributed by atoms with van der Waals surface area (Å²) in [5, 5.41) is 10.9. The Labute approximate surface area is 195 Å². The van der Waals surface area contributed by atoms with Crippen LogP contribution in [-0.2, 0) is 17.9 Å². The van der Waals surface area contributed by atoms with E-state index in [0.717, 1.165) is 45.1 Å². The summed E-state index contributed by atoms with van der Waals surface area (Å²) in [5.41, 5.74) is 3.88. The average Bonchev–Trinajstić information content (AvgIpc) is 3.38. The number of hydrogen-bond donors (Lipinski definition) is 2. The molecule has 1 aromatic heterocycles. The van der Waals surface area contributed by atoms with Crippen LogP contribution >= 0.6 is 35.3 Å². The minimum Gasteiger partial charge on any atom is -0.357 e. The quantitative estimate of drug-likeness (QED) is 0.233. The van der Waals surface area contributed by atoms with Crippen LogP contribution in [0.5, 0.6) is 0 Å². The number of nitrogens with zero attached hydrogens (tertiary/aromatic N) is 2. The molecule has 0 aliphatic carbocycles. The van der Waals surface area contributed by atoms with Crippen molar-refractivity contribution >= 4 is 47.2 Å². The Morgan fingerprint density at radius 1 is 1.21 bits per heavy atom. The van der Waals surface area contributed by atoms with E-state index in [2.05, 4.69) is 53.4 Å². The van der Waals surface area contributed by atoms with Crippen molar-refractivity contribution in [3.8, 4) is 0 Å². The minimum atomic E-state index is 0. The molecule has 5 nitrogen and oxygen atoms in total. The number of nitrogens with one attached hydrogen (secondary N) is 2. The van der Waals surface area contributed by atoms with Crippen molar-refractivity contribution < 1.29 is 4.79 Å². The lowest BCUT2D eigenvalue weighted by Gasteiger charge is -2.16. The van der Waals surface area contributed by atoms with E-state index in [1.807, 2.05) is 17.0 Å². The number of guanidine groups is 1. The molecular formula is C22H31IN4OS. The highest BCUT2D eigenvalue weighted by atomic mass is 127. The number of fused-ring (bicyclic) bond motifs is 1. The Hall–Kier alpha value is -1.61. The third kappa shape index (κ3) is 6.99. The maximum absolute atomic E-state index is 12.5. The second kappa shape index (κ2) is 12.2. The van der Waals surface area contributed by atoms with Gasteiger partial charge in [-0.2, -0.15) is 11.3 Å². The van der Waals surface area contributed by atoms with Crippen molar-refractivity contribution in [3.05, 3.63) is 57.8 Å². The molecule has 2 N–H and O–H groups in total. The fourth-order valence-electron chi connectivity index (χ4n) is 3.34. The number of halogens is 1. The molecule has 0 spiro atoms. The minimum absolute atomic E-state index is 0. The van der Waals surface area contributed by atoms with Crippen LogP contribution in [-0.4, -0.2) is 36.4 Å². The molecule has 1 aromatic carbocycles. The number of carbonyl (C=O) groups is 1. The number of amides is 1. The molecule has 1 atom stereocenters. The van der Waals surface area contributed by atoms with Gasteiger partial charge in [-0.15, -0.1) is 24.0 Å². The largest absolute Gasteiger partial charge is 0.357 e. The average molecular weight is 526 g/mol. The highest BCUT2D eigenvalue weighted by molar-refractivity contribution is 14.0. The van der Waals surface area contributed by atoms with Crippen molar-refractivity contribution in [2.24, 2.45) is 4.99 Å². The van der Waals surface area contributed by atoms with E-state index in [-0.39, 0.29) is 29.9 Å². The van der Waals surface area contributed by atoms with Gasteiger partial charge < -0.3 is 15.5 Å². The van der Waals surface area contributed by atoms with Crippen LogP contribution in [0.3, 0.4) is 0 Å². The van der Waals surface area contributed by atoms with Crippen molar-refractivity contribution in [3.63, 3.8) is 0 Å². The van der Waals surface area contributed by atoms with Crippen molar-refractivity contribution in [2.75, 3.05) is 19.6 Å². The van der Waals surface area contributed by atoms with Gasteiger partial charge in [-0.1, -0.05) is 31.2 Å². The maximum Gasteiger partial charge on any atom is 0.223 e. The van der Waals surface area contributed by atoms with E-state index >= 15 is 0 Å². The summed E-state index contributed by atoms with van der Waals surface area (Å²) in [6.45, 7) is 8.06. The number of benzene rings is 1. The molecule has 0 bridgehead atoms. The van der Waals surface area contributed by atoms with Crippen LogP contribution in [0.15, 0.2) is 46.1 Å². The summed E-state index contributed by atoms with van der Waals surface area (Å²) in [6, 6.07) is 10.5. The first-order chi connectivity index (χ1) is 13.7. The van der Waals surface area contributed by atoms with Crippen molar-refractivity contribution in [1.29, 1.82) is 0 Å². The standard InChI is InChI=1S/C22H30N4OS.HI/c1-3-23-22(25-13-17(2)20-10-12-28-16-20)24-11-6-9-21(27)26-14-18-7-4-5-8-19(18)15-26;/h4-5,7-8,10,12,16-17H,3,6,9,11,13-15H2,1-2H3,(H2,23,24,25);1H. The zero-order chi connectivity index (χ0) is 19.8. The molecule has 0 fully saturated rings. The summed E-state index contributed by atoms with van der Waals surface area (Å²) in [5.74, 6) is 1.46. The Bertz CT molecular complexity index is 769. The molecule has 0 saturated heterocycles. The zero-order valence-electron chi connectivity index (χ0n) is 17.2. The molecule has 29 heavy (non-hydrogen) atoms. The molecule has 2 heterocycles. The molecule has 1 aliphatic rings. The van der Waals surface area contributed by atoms with Crippen LogP contribution < -0.4 is 10.6 Å². The number of thiophene rings is 1. The van der Waals surface area contributed by atoms with E-state index in [0.29, 0.717) is 12.3 Å².